The molecule has 2 aromatic heterocycles. The lowest BCUT2D eigenvalue weighted by atomic mass is 9.98. The summed E-state index contributed by atoms with van der Waals surface area (Å²) in [7, 11) is 0. The van der Waals surface area contributed by atoms with E-state index >= 15 is 0 Å². The van der Waals surface area contributed by atoms with E-state index in [4.69, 9.17) is 0 Å². The van der Waals surface area contributed by atoms with Crippen LogP contribution in [0.2, 0.25) is 0 Å². The minimum absolute atomic E-state index is 0.0357. The summed E-state index contributed by atoms with van der Waals surface area (Å²) in [5.74, 6) is -2.10. The van der Waals surface area contributed by atoms with Crippen LogP contribution in [-0.2, 0) is 38.4 Å². The molecular formula is C34H40N4O6. The topological polar surface area (TPSA) is 147 Å². The number of fused-ring (bicyclic) bond motifs is 6. The van der Waals surface area contributed by atoms with Gasteiger partial charge >= 0.3 is 11.9 Å². The number of aliphatic carboxylic acids is 2. The molecule has 3 aliphatic rings. The van der Waals surface area contributed by atoms with Crippen molar-refractivity contribution in [2.75, 3.05) is 6.67 Å². The van der Waals surface area contributed by atoms with Gasteiger partial charge in [-0.3, -0.25) is 29.0 Å². The molecule has 0 saturated carbocycles. The molecule has 5 rings (SSSR count). The second kappa shape index (κ2) is 11.8. The van der Waals surface area contributed by atoms with Gasteiger partial charge in [0.25, 0.3) is 11.8 Å². The van der Waals surface area contributed by atoms with Gasteiger partial charge in [0.1, 0.15) is 6.67 Å². The Morgan fingerprint density at radius 1 is 0.727 bits per heavy atom. The molecule has 0 atom stereocenters. The first-order valence-electron chi connectivity index (χ1n) is 15.2. The Hall–Kier alpha value is -4.60. The summed E-state index contributed by atoms with van der Waals surface area (Å²) >= 11 is 0. The van der Waals surface area contributed by atoms with Crippen LogP contribution in [0.3, 0.4) is 0 Å². The molecule has 0 spiro atoms. The molecule has 10 nitrogen and oxygen atoms in total. The minimum Gasteiger partial charge on any atom is -0.481 e. The molecule has 232 valence electrons. The van der Waals surface area contributed by atoms with Crippen LogP contribution in [-0.4, -0.2) is 60.4 Å². The summed E-state index contributed by atoms with van der Waals surface area (Å²) < 4.78 is 0. The van der Waals surface area contributed by atoms with Crippen LogP contribution in [0, 0.1) is 13.8 Å². The number of rotatable bonds is 8. The van der Waals surface area contributed by atoms with E-state index in [0.717, 1.165) is 67.6 Å². The van der Waals surface area contributed by atoms with E-state index in [1.807, 2.05) is 53.7 Å². The van der Waals surface area contributed by atoms with Gasteiger partial charge in [-0.1, -0.05) is 13.8 Å². The van der Waals surface area contributed by atoms with E-state index in [9.17, 15) is 29.4 Å². The van der Waals surface area contributed by atoms with Crippen LogP contribution < -0.4 is 0 Å². The smallest absolute Gasteiger partial charge is 0.303 e. The first-order chi connectivity index (χ1) is 20.9. The molecule has 2 aromatic rings. The van der Waals surface area contributed by atoms with Crippen molar-refractivity contribution in [2.24, 2.45) is 0 Å². The highest BCUT2D eigenvalue weighted by Crippen LogP contribution is 2.39. The van der Waals surface area contributed by atoms with Crippen LogP contribution in [0.15, 0.2) is 33.7 Å². The Balaban J connectivity index is 1.79. The van der Waals surface area contributed by atoms with Gasteiger partial charge in [-0.15, -0.1) is 0 Å². The van der Waals surface area contributed by atoms with Crippen LogP contribution in [0.1, 0.15) is 98.4 Å². The van der Waals surface area contributed by atoms with Gasteiger partial charge in [0, 0.05) is 53.2 Å². The van der Waals surface area contributed by atoms with Crippen LogP contribution >= 0.6 is 0 Å². The monoisotopic (exact) mass is 600 g/mol. The Morgan fingerprint density at radius 3 is 1.45 bits per heavy atom. The molecule has 0 aromatic carbocycles. The number of aromatic amines is 2. The van der Waals surface area contributed by atoms with E-state index in [-0.39, 0.29) is 31.3 Å². The number of hydrogen-bond acceptors (Lipinski definition) is 4. The van der Waals surface area contributed by atoms with E-state index in [2.05, 4.69) is 9.97 Å². The van der Waals surface area contributed by atoms with Crippen molar-refractivity contribution in [3.63, 3.8) is 0 Å². The lowest BCUT2D eigenvalue weighted by Gasteiger charge is -2.28. The molecule has 4 bridgehead atoms. The van der Waals surface area contributed by atoms with Crippen LogP contribution in [0.25, 0.3) is 12.2 Å². The Bertz CT molecular complexity index is 1600. The Morgan fingerprint density at radius 2 is 1.11 bits per heavy atom. The largest absolute Gasteiger partial charge is 0.481 e. The van der Waals surface area contributed by atoms with Gasteiger partial charge in [-0.25, -0.2) is 0 Å². The van der Waals surface area contributed by atoms with E-state index in [1.165, 1.54) is 0 Å². The highest BCUT2D eigenvalue weighted by Gasteiger charge is 2.39. The fraction of sp³-hybridized carbons (Fsp3) is 0.412. The molecule has 3 aliphatic heterocycles. The number of nitrogens with zero attached hydrogens (tertiary/aromatic N) is 2. The van der Waals surface area contributed by atoms with Gasteiger partial charge < -0.3 is 20.2 Å². The second-order valence-electron chi connectivity index (χ2n) is 11.8. The molecule has 2 amide bonds. The van der Waals surface area contributed by atoms with Crippen LogP contribution in [0.5, 0.6) is 0 Å². The predicted octanol–water partition coefficient (Wildman–Crippen LogP) is 5.38. The van der Waals surface area contributed by atoms with Crippen molar-refractivity contribution >= 4 is 35.9 Å². The summed E-state index contributed by atoms with van der Waals surface area (Å²) in [6, 6.07) is 0. The maximum atomic E-state index is 13.7. The predicted molar refractivity (Wildman–Crippen MR) is 166 cm³/mol. The van der Waals surface area contributed by atoms with Crippen molar-refractivity contribution in [1.82, 2.24) is 19.8 Å². The summed E-state index contributed by atoms with van der Waals surface area (Å²) in [5.41, 5.74) is 11.4. The van der Waals surface area contributed by atoms with E-state index < -0.39 is 11.9 Å². The number of allylic oxidation sites excluding steroid dienone is 2. The van der Waals surface area contributed by atoms with Gasteiger partial charge in [-0.2, -0.15) is 0 Å². The number of carboxylic acid groups (broad SMARTS) is 2. The molecule has 10 heteroatoms. The zero-order chi connectivity index (χ0) is 32.0. The SMILES string of the molecule is CCC1=C(C)C(=O)N2CN3C(=O)C(C)=C(CC)/C3=C/c3[nH]c(c(CCC(=O)O)c3C)Cc3[nH]c(c(C)c3CCC(=O)O)/C=C/12. The first kappa shape index (κ1) is 30.8. The third-order valence-electron chi connectivity index (χ3n) is 9.33. The molecule has 0 aliphatic carbocycles. The fourth-order valence-corrected chi connectivity index (χ4v) is 6.86. The average molecular weight is 601 g/mol. The summed E-state index contributed by atoms with van der Waals surface area (Å²) in [6.07, 6.45) is 6.12. The molecule has 5 heterocycles. The number of carboxylic acids is 2. The lowest BCUT2D eigenvalue weighted by molar-refractivity contribution is -0.138. The molecule has 0 fully saturated rings. The fourth-order valence-electron chi connectivity index (χ4n) is 6.86. The van der Waals surface area contributed by atoms with Gasteiger partial charge in [0.15, 0.2) is 0 Å². The maximum absolute atomic E-state index is 13.7. The van der Waals surface area contributed by atoms with Crippen LogP contribution in [0.4, 0.5) is 0 Å². The molecule has 4 N–H and O–H groups in total. The third kappa shape index (κ3) is 5.22. The van der Waals surface area contributed by atoms with Gasteiger partial charge in [0.2, 0.25) is 0 Å². The molecule has 44 heavy (non-hydrogen) atoms. The molecule has 0 radical (unpaired) electrons. The lowest BCUT2D eigenvalue weighted by Crippen LogP contribution is -2.39. The van der Waals surface area contributed by atoms with Crippen molar-refractivity contribution < 1.29 is 29.4 Å². The maximum Gasteiger partial charge on any atom is 0.303 e. The van der Waals surface area contributed by atoms with Crippen molar-refractivity contribution in [2.45, 2.75) is 86.5 Å². The Kier molecular flexibility index (Phi) is 8.29. The number of hydrogen-bond donors (Lipinski definition) is 4. The van der Waals surface area contributed by atoms with E-state index in [0.29, 0.717) is 43.3 Å². The summed E-state index contributed by atoms with van der Waals surface area (Å²) in [6.45, 7) is 11.6. The molecule has 0 unspecified atom stereocenters. The van der Waals surface area contributed by atoms with Gasteiger partial charge in [0.05, 0.1) is 11.4 Å². The van der Waals surface area contributed by atoms with Crippen molar-refractivity contribution in [3.05, 3.63) is 78.7 Å². The second-order valence-corrected chi connectivity index (χ2v) is 11.8. The van der Waals surface area contributed by atoms with E-state index in [1.54, 1.807) is 9.80 Å². The van der Waals surface area contributed by atoms with Crippen molar-refractivity contribution in [1.29, 1.82) is 0 Å². The highest BCUT2D eigenvalue weighted by atomic mass is 16.4. The standard InChI is InChI=1S/C34H40N4O6/c1-7-21-19(5)33(43)37-16-38-30(22(8-2)20(6)34(38)44)15-26-18(4)24(10-12-32(41)42)28(36-26)13-27-23(9-11-31(39)40)17(3)25(35-27)14-29(21)37/h14-15,35-36H,7-13,16H2,1-6H3,(H,39,40)(H,41,42)/b29-14-,30-15-. The first-order valence-corrected chi connectivity index (χ1v) is 15.2. The van der Waals surface area contributed by atoms with Gasteiger partial charge in [-0.05, 0) is 98.9 Å². The number of amides is 2. The molecule has 0 saturated heterocycles. The zero-order valence-electron chi connectivity index (χ0n) is 26.2. The average Bonchev–Trinajstić information content (AvgIpc) is 3.58. The number of nitrogens with one attached hydrogen (secondary N) is 2. The number of carbonyl (C=O) groups excluding carboxylic acids is 2. The minimum atomic E-state index is -0.895. The van der Waals surface area contributed by atoms with Crippen molar-refractivity contribution in [3.8, 4) is 0 Å². The highest BCUT2D eigenvalue weighted by molar-refractivity contribution is 6.03. The quantitative estimate of drug-likeness (QED) is 0.320. The summed E-state index contributed by atoms with van der Waals surface area (Å²) in [4.78, 5) is 61.0. The zero-order valence-corrected chi connectivity index (χ0v) is 26.2. The number of carbonyl (C=O) groups is 4. The molecular weight excluding hydrogens is 560 g/mol. The summed E-state index contributed by atoms with van der Waals surface area (Å²) in [5, 5.41) is 19.0. The number of aromatic nitrogens is 2. The normalized spacial score (nSPS) is 19.1. The Labute approximate surface area is 256 Å². The number of H-pyrrole nitrogens is 2. The third-order valence-corrected chi connectivity index (χ3v) is 9.33.